The van der Waals surface area contributed by atoms with Crippen LogP contribution in [-0.4, -0.2) is 10.5 Å². The Morgan fingerprint density at radius 3 is 2.57 bits per heavy atom. The highest BCUT2D eigenvalue weighted by atomic mass is 32.1. The van der Waals surface area contributed by atoms with Gasteiger partial charge in [-0.2, -0.15) is 13.2 Å². The van der Waals surface area contributed by atoms with Crippen molar-refractivity contribution in [2.75, 3.05) is 5.73 Å². The molecule has 0 fully saturated rings. The van der Waals surface area contributed by atoms with Crippen LogP contribution < -0.4 is 5.73 Å². The van der Waals surface area contributed by atoms with Crippen molar-refractivity contribution in [1.82, 2.24) is 4.57 Å². The first-order chi connectivity index (χ1) is 9.88. The number of halogens is 3. The molecule has 3 rings (SSSR count). The predicted molar refractivity (Wildman–Crippen MR) is 75.4 cm³/mol. The summed E-state index contributed by atoms with van der Waals surface area (Å²) in [5.41, 5.74) is 5.13. The molecule has 0 radical (unpaired) electrons. The van der Waals surface area contributed by atoms with E-state index in [1.54, 1.807) is 11.4 Å². The average molecular weight is 310 g/mol. The van der Waals surface area contributed by atoms with Crippen LogP contribution in [0.1, 0.15) is 15.4 Å². The normalized spacial score (nSPS) is 12.0. The minimum Gasteiger partial charge on any atom is -0.399 e. The lowest BCUT2D eigenvalue weighted by molar-refractivity contribution is -0.142. The van der Waals surface area contributed by atoms with Crippen LogP contribution in [-0.2, 0) is 6.18 Å². The maximum atomic E-state index is 13.2. The molecule has 0 spiro atoms. The molecule has 0 unspecified atom stereocenters. The molecule has 2 N–H and O–H groups in total. The lowest BCUT2D eigenvalue weighted by Crippen LogP contribution is -2.19. The minimum atomic E-state index is -4.62. The second-order valence-electron chi connectivity index (χ2n) is 4.46. The summed E-state index contributed by atoms with van der Waals surface area (Å²) >= 11 is 1.10. The summed E-state index contributed by atoms with van der Waals surface area (Å²) in [4.78, 5) is 12.6. The van der Waals surface area contributed by atoms with Crippen molar-refractivity contribution in [3.05, 3.63) is 52.3 Å². The van der Waals surface area contributed by atoms with Crippen molar-refractivity contribution in [2.24, 2.45) is 0 Å². The largest absolute Gasteiger partial charge is 0.431 e. The zero-order valence-electron chi connectivity index (χ0n) is 10.5. The molecule has 0 saturated carbocycles. The number of alkyl halides is 3. The lowest BCUT2D eigenvalue weighted by atomic mass is 10.2. The third-order valence-corrected chi connectivity index (χ3v) is 3.91. The summed E-state index contributed by atoms with van der Waals surface area (Å²) in [6, 6.07) is 8.37. The van der Waals surface area contributed by atoms with Gasteiger partial charge in [-0.1, -0.05) is 6.07 Å². The zero-order chi connectivity index (χ0) is 15.2. The molecule has 7 heteroatoms. The van der Waals surface area contributed by atoms with E-state index in [9.17, 15) is 18.0 Å². The van der Waals surface area contributed by atoms with Crippen molar-refractivity contribution >= 4 is 33.8 Å². The standard InChI is InChI=1S/C14H9F3N2OS/c15-14(16,17)12-7-8-6-9(18)3-4-10(8)19(12)13(20)11-2-1-5-21-11/h1-7H,18H2. The van der Waals surface area contributed by atoms with Crippen molar-refractivity contribution in [3.8, 4) is 0 Å². The molecule has 108 valence electrons. The second-order valence-corrected chi connectivity index (χ2v) is 5.41. The zero-order valence-corrected chi connectivity index (χ0v) is 11.3. The SMILES string of the molecule is Nc1ccc2c(c1)cc(C(F)(F)F)n2C(=O)c1cccs1. The number of carbonyl (C=O) groups is 1. The Morgan fingerprint density at radius 2 is 1.95 bits per heavy atom. The highest BCUT2D eigenvalue weighted by Gasteiger charge is 2.37. The third kappa shape index (κ3) is 2.29. The number of benzene rings is 1. The quantitative estimate of drug-likeness (QED) is 0.691. The van der Waals surface area contributed by atoms with Gasteiger partial charge in [-0.15, -0.1) is 11.3 Å². The molecular formula is C14H9F3N2OS. The van der Waals surface area contributed by atoms with Crippen LogP contribution in [0, 0.1) is 0 Å². The van der Waals surface area contributed by atoms with E-state index in [1.165, 1.54) is 24.3 Å². The van der Waals surface area contributed by atoms with Gasteiger partial charge in [0, 0.05) is 11.1 Å². The number of carbonyl (C=O) groups excluding carboxylic acids is 1. The van der Waals surface area contributed by atoms with Gasteiger partial charge in [0.15, 0.2) is 0 Å². The monoisotopic (exact) mass is 310 g/mol. The molecule has 1 aromatic carbocycles. The highest BCUT2D eigenvalue weighted by Crippen LogP contribution is 2.35. The van der Waals surface area contributed by atoms with Gasteiger partial charge in [0.25, 0.3) is 5.91 Å². The number of thiophene rings is 1. The summed E-state index contributed by atoms with van der Waals surface area (Å²) in [6.07, 6.45) is -4.62. The van der Waals surface area contributed by atoms with Gasteiger partial charge >= 0.3 is 6.18 Å². The van der Waals surface area contributed by atoms with Gasteiger partial charge in [-0.3, -0.25) is 9.36 Å². The van der Waals surface area contributed by atoms with Gasteiger partial charge < -0.3 is 5.73 Å². The van der Waals surface area contributed by atoms with Crippen molar-refractivity contribution < 1.29 is 18.0 Å². The predicted octanol–water partition coefficient (Wildman–Crippen LogP) is 3.99. The molecule has 0 aliphatic rings. The number of nitrogens with two attached hydrogens (primary N) is 1. The number of anilines is 1. The Hall–Kier alpha value is -2.28. The average Bonchev–Trinajstić information content (AvgIpc) is 3.03. The fraction of sp³-hybridized carbons (Fsp3) is 0.0714. The van der Waals surface area contributed by atoms with E-state index in [1.807, 2.05) is 0 Å². The summed E-state index contributed by atoms with van der Waals surface area (Å²) < 4.78 is 40.3. The first kappa shape index (κ1) is 13.7. The van der Waals surface area contributed by atoms with Crippen LogP contribution in [0.4, 0.5) is 18.9 Å². The van der Waals surface area contributed by atoms with Crippen molar-refractivity contribution in [3.63, 3.8) is 0 Å². The van der Waals surface area contributed by atoms with E-state index in [-0.39, 0.29) is 15.8 Å². The molecule has 3 aromatic rings. The summed E-state index contributed by atoms with van der Waals surface area (Å²) in [5.74, 6) is -0.697. The molecule has 21 heavy (non-hydrogen) atoms. The van der Waals surface area contributed by atoms with Gasteiger partial charge in [-0.05, 0) is 35.7 Å². The van der Waals surface area contributed by atoms with Crippen LogP contribution in [0.2, 0.25) is 0 Å². The molecule has 0 aliphatic heterocycles. The third-order valence-electron chi connectivity index (χ3n) is 3.05. The van der Waals surface area contributed by atoms with Crippen LogP contribution in [0.3, 0.4) is 0 Å². The Kier molecular flexibility index (Phi) is 3.02. The van der Waals surface area contributed by atoms with E-state index >= 15 is 0 Å². The Morgan fingerprint density at radius 1 is 1.19 bits per heavy atom. The van der Waals surface area contributed by atoms with Gasteiger partial charge in [0.2, 0.25) is 0 Å². The number of fused-ring (bicyclic) bond motifs is 1. The number of hydrogen-bond donors (Lipinski definition) is 1. The molecule has 2 aromatic heterocycles. The summed E-state index contributed by atoms with van der Waals surface area (Å²) in [5, 5.41) is 1.93. The van der Waals surface area contributed by atoms with Crippen LogP contribution >= 0.6 is 11.3 Å². The lowest BCUT2D eigenvalue weighted by Gasteiger charge is -2.10. The van der Waals surface area contributed by atoms with Gasteiger partial charge in [0.1, 0.15) is 5.69 Å². The molecule has 0 amide bonds. The highest BCUT2D eigenvalue weighted by molar-refractivity contribution is 7.12. The Labute approximate surface area is 121 Å². The maximum absolute atomic E-state index is 13.2. The summed E-state index contributed by atoms with van der Waals surface area (Å²) in [6.45, 7) is 0. The Bertz CT molecular complexity index is 819. The fourth-order valence-electron chi connectivity index (χ4n) is 2.17. The molecule has 2 heterocycles. The second kappa shape index (κ2) is 4.63. The molecule has 0 aliphatic carbocycles. The first-order valence-electron chi connectivity index (χ1n) is 5.94. The van der Waals surface area contributed by atoms with E-state index in [0.717, 1.165) is 17.4 Å². The van der Waals surface area contributed by atoms with E-state index < -0.39 is 17.8 Å². The van der Waals surface area contributed by atoms with E-state index in [0.29, 0.717) is 10.3 Å². The summed E-state index contributed by atoms with van der Waals surface area (Å²) in [7, 11) is 0. The first-order valence-corrected chi connectivity index (χ1v) is 6.82. The van der Waals surface area contributed by atoms with E-state index in [2.05, 4.69) is 0 Å². The molecule has 0 bridgehead atoms. The molecular weight excluding hydrogens is 301 g/mol. The smallest absolute Gasteiger partial charge is 0.399 e. The number of nitrogens with zero attached hydrogens (tertiary/aromatic N) is 1. The van der Waals surface area contributed by atoms with Gasteiger partial charge in [-0.25, -0.2) is 0 Å². The number of rotatable bonds is 1. The number of aromatic nitrogens is 1. The van der Waals surface area contributed by atoms with E-state index in [4.69, 9.17) is 5.73 Å². The molecule has 0 atom stereocenters. The number of hydrogen-bond acceptors (Lipinski definition) is 3. The molecule has 0 saturated heterocycles. The molecule has 3 nitrogen and oxygen atoms in total. The van der Waals surface area contributed by atoms with Crippen LogP contribution in [0.15, 0.2) is 41.8 Å². The topological polar surface area (TPSA) is 48.0 Å². The van der Waals surface area contributed by atoms with Crippen LogP contribution in [0.5, 0.6) is 0 Å². The van der Waals surface area contributed by atoms with Gasteiger partial charge in [0.05, 0.1) is 10.4 Å². The van der Waals surface area contributed by atoms with Crippen LogP contribution in [0.25, 0.3) is 10.9 Å². The van der Waals surface area contributed by atoms with Crippen molar-refractivity contribution in [2.45, 2.75) is 6.18 Å². The minimum absolute atomic E-state index is 0.190. The fourth-order valence-corrected chi connectivity index (χ4v) is 2.82. The Balaban J connectivity index is 2.30. The number of nitrogen functional groups attached to an aromatic ring is 1. The van der Waals surface area contributed by atoms with Crippen molar-refractivity contribution in [1.29, 1.82) is 0 Å². The maximum Gasteiger partial charge on any atom is 0.431 e.